The molecule has 14 rings (SSSR count). The van der Waals surface area contributed by atoms with Gasteiger partial charge in [0.05, 0.1) is 0 Å². The van der Waals surface area contributed by atoms with Crippen molar-refractivity contribution in [3.05, 3.63) is 193 Å². The van der Waals surface area contributed by atoms with E-state index in [-0.39, 0.29) is 13.4 Å². The largest absolute Gasteiger partial charge is 0.245 e. The Morgan fingerprint density at radius 2 is 0.562 bits per heavy atom. The van der Waals surface area contributed by atoms with E-state index in [0.29, 0.717) is 11.8 Å². The minimum absolute atomic E-state index is 0.0691. The van der Waals surface area contributed by atoms with Crippen LogP contribution in [-0.2, 0) is 0 Å². The molecule has 0 bridgehead atoms. The monoisotopic (exact) mass is 810 g/mol. The van der Waals surface area contributed by atoms with Gasteiger partial charge in [-0.2, -0.15) is 0 Å². The van der Waals surface area contributed by atoms with Crippen molar-refractivity contribution in [3.8, 4) is 22.3 Å². The summed E-state index contributed by atoms with van der Waals surface area (Å²) in [5.41, 5.74) is 16.9. The Labute approximate surface area is 374 Å². The number of hydrogen-bond donors (Lipinski definition) is 0. The van der Waals surface area contributed by atoms with Crippen LogP contribution in [0.15, 0.2) is 182 Å². The molecule has 0 spiro atoms. The van der Waals surface area contributed by atoms with Gasteiger partial charge in [0.15, 0.2) is 0 Å². The molecule has 0 saturated heterocycles. The molecule has 0 fully saturated rings. The van der Waals surface area contributed by atoms with Gasteiger partial charge in [0.2, 0.25) is 13.4 Å². The van der Waals surface area contributed by atoms with Crippen LogP contribution in [0.5, 0.6) is 0 Å². The van der Waals surface area contributed by atoms with Crippen molar-refractivity contribution in [1.29, 1.82) is 0 Å². The molecule has 64 heavy (non-hydrogen) atoms. The summed E-state index contributed by atoms with van der Waals surface area (Å²) in [5.74, 6) is 0.665. The third kappa shape index (κ3) is 4.76. The summed E-state index contributed by atoms with van der Waals surface area (Å²) < 4.78 is 0. The van der Waals surface area contributed by atoms with Crippen molar-refractivity contribution in [3.63, 3.8) is 0 Å². The second kappa shape index (κ2) is 13.2. The predicted octanol–water partition coefficient (Wildman–Crippen LogP) is 12.4. The van der Waals surface area contributed by atoms with Crippen LogP contribution >= 0.6 is 0 Å². The molecule has 0 nitrogen and oxygen atoms in total. The van der Waals surface area contributed by atoms with E-state index in [0.717, 1.165) is 0 Å². The van der Waals surface area contributed by atoms with Crippen LogP contribution in [0.3, 0.4) is 0 Å². The summed E-state index contributed by atoms with van der Waals surface area (Å²) in [4.78, 5) is 0. The highest BCUT2D eigenvalue weighted by Crippen LogP contribution is 2.42. The normalized spacial score (nSPS) is 13.2. The Hall–Kier alpha value is -7.15. The molecule has 12 aromatic rings. The van der Waals surface area contributed by atoms with Gasteiger partial charge in [-0.25, -0.2) is 0 Å². The average molecular weight is 811 g/mol. The molecule has 2 aliphatic heterocycles. The lowest BCUT2D eigenvalue weighted by Crippen LogP contribution is -2.50. The highest BCUT2D eigenvalue weighted by molar-refractivity contribution is 7.04. The molecule has 0 amide bonds. The molecular formula is C62H44B2. The van der Waals surface area contributed by atoms with Gasteiger partial charge in [0.1, 0.15) is 0 Å². The summed E-state index contributed by atoms with van der Waals surface area (Å²) in [7, 11) is 0. The first-order valence-electron chi connectivity index (χ1n) is 23.3. The first kappa shape index (κ1) is 36.3. The fourth-order valence-corrected chi connectivity index (χ4v) is 12.8. The van der Waals surface area contributed by atoms with Crippen molar-refractivity contribution in [2.45, 2.75) is 39.5 Å². The second-order valence-electron chi connectivity index (χ2n) is 19.3. The van der Waals surface area contributed by atoms with Gasteiger partial charge < -0.3 is 0 Å². The number of benzene rings is 12. The van der Waals surface area contributed by atoms with Crippen LogP contribution in [0.1, 0.15) is 50.7 Å². The molecule has 2 heteroatoms. The molecule has 0 radical (unpaired) electrons. The molecule has 0 atom stereocenters. The highest BCUT2D eigenvalue weighted by atomic mass is 14.3. The zero-order valence-electron chi connectivity index (χ0n) is 36.6. The molecule has 2 aliphatic rings. The third-order valence-corrected chi connectivity index (χ3v) is 15.5. The molecule has 298 valence electrons. The van der Waals surface area contributed by atoms with Crippen LogP contribution < -0.4 is 32.8 Å². The molecular weight excluding hydrogens is 766 g/mol. The maximum atomic E-state index is 2.62. The van der Waals surface area contributed by atoms with Crippen LogP contribution in [0.2, 0.25) is 0 Å². The van der Waals surface area contributed by atoms with Gasteiger partial charge in [0.25, 0.3) is 0 Å². The van der Waals surface area contributed by atoms with E-state index in [9.17, 15) is 0 Å². The summed E-state index contributed by atoms with van der Waals surface area (Å²) in [6.07, 6.45) is 0. The quantitative estimate of drug-likeness (QED) is 0.123. The first-order valence-corrected chi connectivity index (χ1v) is 23.3. The van der Waals surface area contributed by atoms with Crippen molar-refractivity contribution in [2.75, 3.05) is 0 Å². The van der Waals surface area contributed by atoms with Crippen LogP contribution in [-0.4, -0.2) is 13.4 Å². The molecule has 0 aliphatic carbocycles. The van der Waals surface area contributed by atoms with E-state index in [1.807, 2.05) is 0 Å². The Balaban J connectivity index is 1.15. The maximum absolute atomic E-state index is 2.62. The fourth-order valence-electron chi connectivity index (χ4n) is 12.8. The predicted molar refractivity (Wildman–Crippen MR) is 281 cm³/mol. The van der Waals surface area contributed by atoms with E-state index >= 15 is 0 Å². The van der Waals surface area contributed by atoms with Gasteiger partial charge in [-0.1, -0.05) is 242 Å². The van der Waals surface area contributed by atoms with E-state index in [2.05, 4.69) is 210 Å². The lowest BCUT2D eigenvalue weighted by atomic mass is 9.36. The Morgan fingerprint density at radius 1 is 0.281 bits per heavy atom. The lowest BCUT2D eigenvalue weighted by Gasteiger charge is -2.26. The van der Waals surface area contributed by atoms with Gasteiger partial charge >= 0.3 is 0 Å². The summed E-state index contributed by atoms with van der Waals surface area (Å²) >= 11 is 0. The van der Waals surface area contributed by atoms with E-state index < -0.39 is 0 Å². The zero-order chi connectivity index (χ0) is 42.5. The smallest absolute Gasteiger partial charge is 0.0623 e. The molecule has 0 unspecified atom stereocenters. The number of rotatable bonds is 4. The van der Waals surface area contributed by atoms with Crippen molar-refractivity contribution >= 4 is 122 Å². The highest BCUT2D eigenvalue weighted by Gasteiger charge is 2.40. The Morgan fingerprint density at radius 3 is 0.859 bits per heavy atom. The van der Waals surface area contributed by atoms with Crippen LogP contribution in [0, 0.1) is 0 Å². The van der Waals surface area contributed by atoms with Gasteiger partial charge in [-0.3, -0.25) is 0 Å². The molecule has 0 saturated carbocycles. The Bertz CT molecular complexity index is 3550. The topological polar surface area (TPSA) is 0 Å². The minimum atomic E-state index is 0.0691. The van der Waals surface area contributed by atoms with Gasteiger partial charge in [0, 0.05) is 0 Å². The Kier molecular flexibility index (Phi) is 7.49. The first-order chi connectivity index (χ1) is 31.4. The fraction of sp³-hybridized carbons (Fsp3) is 0.0968. The standard InChI is InChI=1S/C62H44B2/c1-35(2)53-33-55(63-59-41-17-9-5-13-37(41)21-25-47(59)48-26-22-38-14-6-10-18-42(38)60(48)63)51-32-30-46-54(36(3)4)34-56(52-31-29-45(53)57(51)58(46)52)64-61-43-19-11-7-15-39(43)23-27-49(61)50-28-24-40-16-8-12-20-44(40)62(50)64/h5-36H,1-4H3. The molecule has 0 N–H and O–H groups in total. The second-order valence-corrected chi connectivity index (χ2v) is 19.3. The van der Waals surface area contributed by atoms with Gasteiger partial charge in [-0.05, 0) is 121 Å². The van der Waals surface area contributed by atoms with Gasteiger partial charge in [-0.15, -0.1) is 0 Å². The minimum Gasteiger partial charge on any atom is -0.0623 e. The number of hydrogen-bond acceptors (Lipinski definition) is 0. The van der Waals surface area contributed by atoms with Crippen molar-refractivity contribution in [2.24, 2.45) is 0 Å². The third-order valence-electron chi connectivity index (χ3n) is 15.5. The SMILES string of the molecule is CC(C)c1cc(B2c3c(ccc4ccccc34)-c3ccc4ccccc4c32)c2ccc3c(C(C)C)cc(B4c5c(ccc6ccccc56)-c5ccc6ccccc6c54)c4ccc1c2c43. The van der Waals surface area contributed by atoms with Crippen molar-refractivity contribution in [1.82, 2.24) is 0 Å². The summed E-state index contributed by atoms with van der Waals surface area (Å²) in [6.45, 7) is 9.71. The average Bonchev–Trinajstić information content (AvgIpc) is 3.87. The van der Waals surface area contributed by atoms with Crippen molar-refractivity contribution < 1.29 is 0 Å². The lowest BCUT2D eigenvalue weighted by molar-refractivity contribution is 0.877. The van der Waals surface area contributed by atoms with E-state index in [1.54, 1.807) is 0 Å². The van der Waals surface area contributed by atoms with E-state index in [4.69, 9.17) is 0 Å². The summed E-state index contributed by atoms with van der Waals surface area (Å²) in [6, 6.07) is 70.4. The molecule has 0 aromatic heterocycles. The zero-order valence-corrected chi connectivity index (χ0v) is 36.6. The van der Waals surface area contributed by atoms with Crippen LogP contribution in [0.25, 0.3) is 97.7 Å². The van der Waals surface area contributed by atoms with E-state index in [1.165, 1.54) is 142 Å². The number of fused-ring (bicyclic) bond motifs is 14. The maximum Gasteiger partial charge on any atom is 0.245 e. The van der Waals surface area contributed by atoms with Crippen LogP contribution in [0.4, 0.5) is 0 Å². The molecule has 12 aromatic carbocycles. The summed E-state index contributed by atoms with van der Waals surface area (Å²) in [5, 5.41) is 19.0. The molecule has 2 heterocycles.